The average molecular weight is 142 g/mol. The molecule has 0 aliphatic carbocycles. The minimum Gasteiger partial charge on any atom is -1.00 e. The van der Waals surface area contributed by atoms with Crippen LogP contribution in [0.15, 0.2) is 11.6 Å². The number of carbonyl (C=O) groups is 1. The average Bonchev–Trinajstić information content (AvgIpc) is 1.65. The standard InChI is InChI=1S/C5H8O2.Ca.2H/c1-3-4(2)5(6)7;;;/h3H,1-2H3,(H,6,7);;;/q;+2;2*-1. The largest absolute Gasteiger partial charge is 2.00 e. The van der Waals surface area contributed by atoms with Gasteiger partial charge < -0.3 is 7.96 Å². The van der Waals surface area contributed by atoms with E-state index in [1.54, 1.807) is 19.9 Å². The molecule has 8 heavy (non-hydrogen) atoms. The maximum absolute atomic E-state index is 9.86. The van der Waals surface area contributed by atoms with Crippen LogP contribution in [0.3, 0.4) is 0 Å². The van der Waals surface area contributed by atoms with E-state index in [0.29, 0.717) is 5.57 Å². The molecule has 0 saturated carbocycles. The number of aliphatic carboxylic acids is 1. The van der Waals surface area contributed by atoms with Gasteiger partial charge in [-0.1, -0.05) is 6.08 Å². The summed E-state index contributed by atoms with van der Waals surface area (Å²) in [6.07, 6.45) is 1.56. The number of carboxylic acids is 1. The van der Waals surface area contributed by atoms with Crippen LogP contribution in [0.4, 0.5) is 0 Å². The van der Waals surface area contributed by atoms with Gasteiger partial charge in [0, 0.05) is 5.57 Å². The van der Waals surface area contributed by atoms with Gasteiger partial charge >= 0.3 is 43.7 Å². The molecule has 1 N–H and O–H groups in total. The van der Waals surface area contributed by atoms with E-state index in [-0.39, 0.29) is 40.6 Å². The first-order valence-electron chi connectivity index (χ1n) is 2.04. The Labute approximate surface area is 81.6 Å². The minimum atomic E-state index is -0.845. The van der Waals surface area contributed by atoms with Gasteiger partial charge in [0.2, 0.25) is 0 Å². The molecular weight excluding hydrogens is 132 g/mol. The van der Waals surface area contributed by atoms with Crippen molar-refractivity contribution in [1.82, 2.24) is 0 Å². The number of hydrogen-bond acceptors (Lipinski definition) is 1. The van der Waals surface area contributed by atoms with Crippen LogP contribution in [0.25, 0.3) is 0 Å². The number of carboxylic acid groups (broad SMARTS) is 1. The van der Waals surface area contributed by atoms with Crippen LogP contribution in [0.1, 0.15) is 16.7 Å². The quantitative estimate of drug-likeness (QED) is 0.436. The monoisotopic (exact) mass is 142 g/mol. The summed E-state index contributed by atoms with van der Waals surface area (Å²) in [7, 11) is 0. The van der Waals surface area contributed by atoms with E-state index in [9.17, 15) is 4.79 Å². The molecule has 0 aliphatic rings. The second kappa shape index (κ2) is 5.60. The Morgan fingerprint density at radius 2 is 2.12 bits per heavy atom. The van der Waals surface area contributed by atoms with Crippen LogP contribution in [0.5, 0.6) is 0 Å². The van der Waals surface area contributed by atoms with Crippen molar-refractivity contribution >= 4 is 43.7 Å². The molecule has 0 aromatic carbocycles. The van der Waals surface area contributed by atoms with Crippen LogP contribution in [0, 0.1) is 0 Å². The Morgan fingerprint density at radius 1 is 1.75 bits per heavy atom. The summed E-state index contributed by atoms with van der Waals surface area (Å²) in [5.41, 5.74) is 0.389. The van der Waals surface area contributed by atoms with Gasteiger partial charge in [-0.05, 0) is 13.8 Å². The first kappa shape index (κ1) is 11.3. The fourth-order valence-corrected chi connectivity index (χ4v) is 0.123. The van der Waals surface area contributed by atoms with Gasteiger partial charge in [-0.25, -0.2) is 4.79 Å². The molecule has 0 amide bonds. The van der Waals surface area contributed by atoms with E-state index in [1.807, 2.05) is 0 Å². The van der Waals surface area contributed by atoms with E-state index in [1.165, 1.54) is 0 Å². The van der Waals surface area contributed by atoms with Crippen molar-refractivity contribution in [2.75, 3.05) is 0 Å². The van der Waals surface area contributed by atoms with E-state index >= 15 is 0 Å². The summed E-state index contributed by atoms with van der Waals surface area (Å²) in [5.74, 6) is -0.845. The molecule has 0 spiro atoms. The molecule has 0 fully saturated rings. The minimum absolute atomic E-state index is 0. The van der Waals surface area contributed by atoms with Crippen molar-refractivity contribution in [1.29, 1.82) is 0 Å². The van der Waals surface area contributed by atoms with Crippen LogP contribution in [-0.4, -0.2) is 48.8 Å². The molecule has 0 unspecified atom stereocenters. The molecule has 0 atom stereocenters. The maximum atomic E-state index is 9.86. The third-order valence-electron chi connectivity index (χ3n) is 0.770. The van der Waals surface area contributed by atoms with Gasteiger partial charge in [0.05, 0.1) is 0 Å². The second-order valence-electron chi connectivity index (χ2n) is 1.28. The summed E-state index contributed by atoms with van der Waals surface area (Å²) >= 11 is 0. The summed E-state index contributed by atoms with van der Waals surface area (Å²) in [4.78, 5) is 9.86. The van der Waals surface area contributed by atoms with Gasteiger partial charge in [-0.3, -0.25) is 0 Å². The molecule has 0 radical (unpaired) electrons. The molecular formula is C5H10CaO2. The predicted octanol–water partition coefficient (Wildman–Crippen LogP) is 0.881. The Hall–Kier alpha value is 0.470. The zero-order valence-electron chi connectivity index (χ0n) is 7.14. The topological polar surface area (TPSA) is 37.3 Å². The first-order valence-corrected chi connectivity index (χ1v) is 2.04. The fraction of sp³-hybridized carbons (Fsp3) is 0.400. The van der Waals surface area contributed by atoms with E-state index < -0.39 is 5.97 Å². The van der Waals surface area contributed by atoms with Crippen LogP contribution < -0.4 is 0 Å². The molecule has 0 heterocycles. The predicted molar refractivity (Wildman–Crippen MR) is 35.0 cm³/mol. The van der Waals surface area contributed by atoms with E-state index in [4.69, 9.17) is 5.11 Å². The van der Waals surface area contributed by atoms with Crippen molar-refractivity contribution in [2.24, 2.45) is 0 Å². The molecule has 0 saturated heterocycles. The molecule has 2 nitrogen and oxygen atoms in total. The number of rotatable bonds is 1. The van der Waals surface area contributed by atoms with Crippen molar-refractivity contribution in [3.8, 4) is 0 Å². The van der Waals surface area contributed by atoms with E-state index in [2.05, 4.69) is 0 Å². The smallest absolute Gasteiger partial charge is 1.00 e. The Bertz CT molecular complexity index is 114. The Balaban J connectivity index is -0.0000000600. The molecule has 0 aliphatic heterocycles. The van der Waals surface area contributed by atoms with Crippen molar-refractivity contribution < 1.29 is 12.8 Å². The Kier molecular flexibility index (Phi) is 7.91. The molecule has 3 heteroatoms. The third kappa shape index (κ3) is 4.62. The molecule has 0 rings (SSSR count). The van der Waals surface area contributed by atoms with Crippen molar-refractivity contribution in [2.45, 2.75) is 13.8 Å². The van der Waals surface area contributed by atoms with Crippen LogP contribution >= 0.6 is 0 Å². The summed E-state index contributed by atoms with van der Waals surface area (Å²) in [6, 6.07) is 0. The fourth-order valence-electron chi connectivity index (χ4n) is 0.123. The van der Waals surface area contributed by atoms with Crippen molar-refractivity contribution in [3.05, 3.63) is 11.6 Å². The van der Waals surface area contributed by atoms with Crippen LogP contribution in [-0.2, 0) is 4.79 Å². The summed E-state index contributed by atoms with van der Waals surface area (Å²) in [6.45, 7) is 3.26. The number of hydrogen-bond donors (Lipinski definition) is 1. The van der Waals surface area contributed by atoms with Crippen LogP contribution in [0.2, 0.25) is 0 Å². The summed E-state index contributed by atoms with van der Waals surface area (Å²) in [5, 5.41) is 8.11. The Morgan fingerprint density at radius 3 is 2.12 bits per heavy atom. The van der Waals surface area contributed by atoms with Gasteiger partial charge in [-0.15, -0.1) is 0 Å². The van der Waals surface area contributed by atoms with E-state index in [0.717, 1.165) is 0 Å². The first-order chi connectivity index (χ1) is 3.18. The second-order valence-corrected chi connectivity index (χ2v) is 1.28. The third-order valence-corrected chi connectivity index (χ3v) is 0.770. The van der Waals surface area contributed by atoms with Crippen molar-refractivity contribution in [3.63, 3.8) is 0 Å². The van der Waals surface area contributed by atoms with Gasteiger partial charge in [0.25, 0.3) is 0 Å². The van der Waals surface area contributed by atoms with Gasteiger partial charge in [0.15, 0.2) is 0 Å². The molecule has 0 aromatic heterocycles. The summed E-state index contributed by atoms with van der Waals surface area (Å²) < 4.78 is 0. The zero-order chi connectivity index (χ0) is 5.86. The van der Waals surface area contributed by atoms with Gasteiger partial charge in [-0.2, -0.15) is 0 Å². The SMILES string of the molecule is CC=C(C)C(=O)O.[Ca+2].[H-].[H-]. The normalized spacial score (nSPS) is 10.0. The maximum Gasteiger partial charge on any atom is 2.00 e. The molecule has 44 valence electrons. The molecule has 0 bridgehead atoms. The van der Waals surface area contributed by atoms with Gasteiger partial charge in [0.1, 0.15) is 0 Å². The number of allylic oxidation sites excluding steroid dienone is 1. The molecule has 0 aromatic rings. The zero-order valence-corrected chi connectivity index (χ0v) is 7.35.